The molecule has 1 aromatic carbocycles. The van der Waals surface area contributed by atoms with E-state index >= 15 is 0 Å². The van der Waals surface area contributed by atoms with E-state index in [4.69, 9.17) is 20.6 Å². The summed E-state index contributed by atoms with van der Waals surface area (Å²) in [5, 5.41) is 0.681. The molecule has 0 saturated carbocycles. The molecule has 1 unspecified atom stereocenters. The quantitative estimate of drug-likeness (QED) is 0.219. The number of unbranched alkanes of at least 4 members (excludes halogenated alkanes) is 8. The lowest BCUT2D eigenvalue weighted by atomic mass is 10.1. The van der Waals surface area contributed by atoms with Crippen LogP contribution in [0.5, 0.6) is 5.75 Å². The van der Waals surface area contributed by atoms with Crippen molar-refractivity contribution < 1.29 is 13.6 Å². The van der Waals surface area contributed by atoms with Gasteiger partial charge in [0.2, 0.25) is 0 Å². The summed E-state index contributed by atoms with van der Waals surface area (Å²) < 4.78 is 24.6. The Morgan fingerprint density at radius 1 is 0.923 bits per heavy atom. The second-order valence-electron chi connectivity index (χ2n) is 7.00. The van der Waals surface area contributed by atoms with E-state index in [0.29, 0.717) is 23.5 Å². The maximum atomic E-state index is 13.1. The zero-order valence-electron chi connectivity index (χ0n) is 16.8. The van der Waals surface area contributed by atoms with Gasteiger partial charge in [0, 0.05) is 5.02 Å². The molecule has 1 atom stereocenters. The van der Waals surface area contributed by atoms with Crippen LogP contribution in [0.3, 0.4) is 0 Å². The van der Waals surface area contributed by atoms with Crippen molar-refractivity contribution in [3.8, 4) is 5.75 Å². The molecule has 26 heavy (non-hydrogen) atoms. The van der Waals surface area contributed by atoms with Crippen LogP contribution in [0.15, 0.2) is 18.2 Å². The van der Waals surface area contributed by atoms with E-state index in [9.17, 15) is 4.57 Å². The summed E-state index contributed by atoms with van der Waals surface area (Å²) in [6.45, 7) is 6.73. The fourth-order valence-electron chi connectivity index (χ4n) is 2.76. The van der Waals surface area contributed by atoms with Crippen LogP contribution in [0.1, 0.15) is 83.6 Å². The number of halogens is 1. The van der Waals surface area contributed by atoms with Gasteiger partial charge >= 0.3 is 7.60 Å². The molecule has 0 saturated heterocycles. The summed E-state index contributed by atoms with van der Waals surface area (Å²) in [6, 6.07) is 5.35. The average Bonchev–Trinajstić information content (AvgIpc) is 2.62. The molecule has 0 aromatic heterocycles. The maximum absolute atomic E-state index is 13.1. The molecule has 0 heterocycles. The Morgan fingerprint density at radius 2 is 1.54 bits per heavy atom. The fraction of sp³-hybridized carbons (Fsp3) is 0.714. The number of aryl methyl sites for hydroxylation is 1. The molecule has 0 radical (unpaired) electrons. The van der Waals surface area contributed by atoms with E-state index in [1.54, 1.807) is 12.1 Å². The van der Waals surface area contributed by atoms with Crippen LogP contribution < -0.4 is 4.52 Å². The Balaban J connectivity index is 2.39. The van der Waals surface area contributed by atoms with Crippen molar-refractivity contribution >= 4 is 19.2 Å². The third-order valence-corrected chi connectivity index (χ3v) is 6.80. The summed E-state index contributed by atoms with van der Waals surface area (Å²) >= 11 is 6.05. The molecule has 0 amide bonds. The van der Waals surface area contributed by atoms with Gasteiger partial charge in [0.25, 0.3) is 0 Å². The van der Waals surface area contributed by atoms with E-state index in [1.165, 1.54) is 38.5 Å². The van der Waals surface area contributed by atoms with Gasteiger partial charge in [-0.2, -0.15) is 0 Å². The van der Waals surface area contributed by atoms with Crippen molar-refractivity contribution in [1.82, 2.24) is 0 Å². The summed E-state index contributed by atoms with van der Waals surface area (Å²) in [6.07, 6.45) is 12.1. The van der Waals surface area contributed by atoms with Crippen molar-refractivity contribution in [1.29, 1.82) is 0 Å². The van der Waals surface area contributed by atoms with Crippen molar-refractivity contribution in [2.75, 3.05) is 12.8 Å². The molecule has 1 aromatic rings. The Kier molecular flexibility index (Phi) is 12.3. The SMILES string of the molecule is CCCCCCCCCCOP(=O)(CCCC)Oc1ccc(Cl)c(C)c1. The van der Waals surface area contributed by atoms with E-state index in [2.05, 4.69) is 13.8 Å². The van der Waals surface area contributed by atoms with Crippen LogP contribution in [0, 0.1) is 6.92 Å². The van der Waals surface area contributed by atoms with Gasteiger partial charge in [-0.15, -0.1) is 0 Å². The molecular weight excluding hydrogens is 367 g/mol. The molecule has 5 heteroatoms. The fourth-order valence-corrected chi connectivity index (χ4v) is 4.70. The predicted molar refractivity (Wildman–Crippen MR) is 113 cm³/mol. The lowest BCUT2D eigenvalue weighted by Gasteiger charge is -2.19. The summed E-state index contributed by atoms with van der Waals surface area (Å²) in [7, 11) is -3.11. The lowest BCUT2D eigenvalue weighted by molar-refractivity contribution is 0.257. The first-order valence-electron chi connectivity index (χ1n) is 10.2. The summed E-state index contributed by atoms with van der Waals surface area (Å²) in [4.78, 5) is 0. The minimum Gasteiger partial charge on any atom is -0.424 e. The maximum Gasteiger partial charge on any atom is 0.379 e. The second kappa shape index (κ2) is 13.6. The number of benzene rings is 1. The molecule has 0 aliphatic rings. The Labute approximate surface area is 165 Å². The first kappa shape index (κ1) is 23.5. The minimum atomic E-state index is -3.11. The van der Waals surface area contributed by atoms with Gasteiger partial charge in [-0.25, -0.2) is 4.57 Å². The third-order valence-electron chi connectivity index (χ3n) is 4.45. The molecule has 1 rings (SSSR count). The third kappa shape index (κ3) is 10.00. The molecule has 0 bridgehead atoms. The van der Waals surface area contributed by atoms with Gasteiger partial charge in [0.1, 0.15) is 5.75 Å². The summed E-state index contributed by atoms with van der Waals surface area (Å²) in [5.74, 6) is 0.572. The van der Waals surface area contributed by atoms with Gasteiger partial charge in [0.05, 0.1) is 12.8 Å². The van der Waals surface area contributed by atoms with Gasteiger partial charge in [-0.1, -0.05) is 76.8 Å². The molecule has 3 nitrogen and oxygen atoms in total. The highest BCUT2D eigenvalue weighted by atomic mass is 35.5. The Hall–Kier alpha value is -0.500. The van der Waals surface area contributed by atoms with Crippen LogP contribution >= 0.6 is 19.2 Å². The molecular formula is C21H36ClO3P. The van der Waals surface area contributed by atoms with E-state index in [1.807, 2.05) is 13.0 Å². The number of rotatable bonds is 15. The Bertz CT molecular complexity index is 548. The highest BCUT2D eigenvalue weighted by Crippen LogP contribution is 2.49. The van der Waals surface area contributed by atoms with E-state index < -0.39 is 7.60 Å². The van der Waals surface area contributed by atoms with Gasteiger partial charge < -0.3 is 4.52 Å². The smallest absolute Gasteiger partial charge is 0.379 e. The topological polar surface area (TPSA) is 35.5 Å². The zero-order chi connectivity index (χ0) is 19.3. The molecule has 0 N–H and O–H groups in total. The van der Waals surface area contributed by atoms with Gasteiger partial charge in [-0.3, -0.25) is 4.52 Å². The largest absolute Gasteiger partial charge is 0.424 e. The molecule has 0 fully saturated rings. The van der Waals surface area contributed by atoms with Crippen molar-refractivity contribution in [2.45, 2.75) is 85.0 Å². The van der Waals surface area contributed by atoms with Crippen molar-refractivity contribution in [3.63, 3.8) is 0 Å². The highest BCUT2D eigenvalue weighted by Gasteiger charge is 2.25. The number of hydrogen-bond acceptors (Lipinski definition) is 3. The monoisotopic (exact) mass is 402 g/mol. The normalized spacial score (nSPS) is 13.5. The minimum absolute atomic E-state index is 0.461. The van der Waals surface area contributed by atoms with Crippen molar-refractivity contribution in [3.05, 3.63) is 28.8 Å². The second-order valence-corrected chi connectivity index (χ2v) is 9.52. The molecule has 150 valence electrons. The average molecular weight is 403 g/mol. The van der Waals surface area contributed by atoms with Crippen molar-refractivity contribution in [2.24, 2.45) is 0 Å². The van der Waals surface area contributed by atoms with Gasteiger partial charge in [-0.05, 0) is 43.5 Å². The summed E-state index contributed by atoms with van der Waals surface area (Å²) in [5.41, 5.74) is 0.911. The Morgan fingerprint density at radius 3 is 2.15 bits per heavy atom. The van der Waals surface area contributed by atoms with Crippen LogP contribution in [0.4, 0.5) is 0 Å². The molecule has 0 aliphatic carbocycles. The van der Waals surface area contributed by atoms with Crippen LogP contribution in [0.25, 0.3) is 0 Å². The first-order chi connectivity index (χ1) is 12.5. The molecule has 0 aliphatic heterocycles. The highest BCUT2D eigenvalue weighted by molar-refractivity contribution is 7.54. The van der Waals surface area contributed by atoms with Crippen LogP contribution in [-0.4, -0.2) is 12.8 Å². The number of hydrogen-bond donors (Lipinski definition) is 0. The lowest BCUT2D eigenvalue weighted by Crippen LogP contribution is -2.04. The standard InChI is InChI=1S/C21H36ClO3P/c1-4-6-8-9-10-11-12-13-16-24-26(23,17-7-5-2)25-20-14-15-21(22)19(3)18-20/h14-15,18H,4-13,16-17H2,1-3H3. The van der Waals surface area contributed by atoms with Gasteiger partial charge in [0.15, 0.2) is 0 Å². The van der Waals surface area contributed by atoms with E-state index in [-0.39, 0.29) is 0 Å². The van der Waals surface area contributed by atoms with Crippen LogP contribution in [0.2, 0.25) is 5.02 Å². The van der Waals surface area contributed by atoms with Crippen LogP contribution in [-0.2, 0) is 9.09 Å². The van der Waals surface area contributed by atoms with E-state index in [0.717, 1.165) is 31.2 Å². The molecule has 0 spiro atoms. The first-order valence-corrected chi connectivity index (χ1v) is 12.3. The zero-order valence-corrected chi connectivity index (χ0v) is 18.4. The predicted octanol–water partition coefficient (Wildman–Crippen LogP) is 8.18.